The number of hydrogen-bond donors (Lipinski definition) is 2. The maximum Gasteiger partial charge on any atom is 0.251 e. The lowest BCUT2D eigenvalue weighted by Gasteiger charge is -2.03. The number of nitrogens with zero attached hydrogens (tertiary/aromatic N) is 1. The largest absolute Gasteiger partial charge is 0.352 e. The van der Waals surface area contributed by atoms with Crippen molar-refractivity contribution in [3.63, 3.8) is 0 Å². The van der Waals surface area contributed by atoms with Crippen LogP contribution in [0.15, 0.2) is 36.7 Å². The van der Waals surface area contributed by atoms with Gasteiger partial charge in [-0.2, -0.15) is 0 Å². The van der Waals surface area contributed by atoms with Gasteiger partial charge in [0.25, 0.3) is 5.91 Å². The SMILES string of the molecule is O=C(NCCc1ncc[nH]1)c1cccc(F)c1. The van der Waals surface area contributed by atoms with Crippen molar-refractivity contribution in [1.29, 1.82) is 0 Å². The van der Waals surface area contributed by atoms with Crippen molar-refractivity contribution in [3.05, 3.63) is 53.9 Å². The molecule has 0 aliphatic heterocycles. The van der Waals surface area contributed by atoms with Gasteiger partial charge in [-0.1, -0.05) is 6.07 Å². The van der Waals surface area contributed by atoms with Crippen LogP contribution in [-0.4, -0.2) is 22.4 Å². The van der Waals surface area contributed by atoms with E-state index in [4.69, 9.17) is 0 Å². The van der Waals surface area contributed by atoms with Crippen molar-refractivity contribution >= 4 is 5.91 Å². The van der Waals surface area contributed by atoms with E-state index >= 15 is 0 Å². The van der Waals surface area contributed by atoms with Gasteiger partial charge in [-0.15, -0.1) is 0 Å². The van der Waals surface area contributed by atoms with Crippen molar-refractivity contribution in [1.82, 2.24) is 15.3 Å². The Morgan fingerprint density at radius 2 is 2.35 bits per heavy atom. The third kappa shape index (κ3) is 3.14. The molecule has 2 N–H and O–H groups in total. The van der Waals surface area contributed by atoms with E-state index in [1.165, 1.54) is 18.2 Å². The van der Waals surface area contributed by atoms with Gasteiger partial charge in [0.1, 0.15) is 11.6 Å². The lowest BCUT2D eigenvalue weighted by atomic mass is 10.2. The van der Waals surface area contributed by atoms with Gasteiger partial charge in [0.15, 0.2) is 0 Å². The first kappa shape index (κ1) is 11.3. The summed E-state index contributed by atoms with van der Waals surface area (Å²) in [4.78, 5) is 18.6. The summed E-state index contributed by atoms with van der Waals surface area (Å²) in [5.74, 6) is 0.115. The van der Waals surface area contributed by atoms with Crippen LogP contribution in [0.2, 0.25) is 0 Å². The highest BCUT2D eigenvalue weighted by Gasteiger charge is 2.05. The molecule has 2 aromatic rings. The minimum atomic E-state index is -0.413. The van der Waals surface area contributed by atoms with Gasteiger partial charge in [0, 0.05) is 30.9 Å². The number of carbonyl (C=O) groups is 1. The summed E-state index contributed by atoms with van der Waals surface area (Å²) in [6, 6.07) is 5.60. The minimum Gasteiger partial charge on any atom is -0.352 e. The van der Waals surface area contributed by atoms with Crippen LogP contribution in [0.25, 0.3) is 0 Å². The molecule has 4 nitrogen and oxygen atoms in total. The number of imidazole rings is 1. The average Bonchev–Trinajstić information content (AvgIpc) is 2.82. The summed E-state index contributed by atoms with van der Waals surface area (Å²) in [7, 11) is 0. The van der Waals surface area contributed by atoms with E-state index in [1.54, 1.807) is 18.5 Å². The minimum absolute atomic E-state index is 0.281. The first-order chi connectivity index (χ1) is 8.25. The summed E-state index contributed by atoms with van der Waals surface area (Å²) in [6.07, 6.45) is 4.00. The maximum absolute atomic E-state index is 12.9. The summed E-state index contributed by atoms with van der Waals surface area (Å²) in [5, 5.41) is 2.70. The van der Waals surface area contributed by atoms with Crippen LogP contribution in [0.3, 0.4) is 0 Å². The van der Waals surface area contributed by atoms with E-state index in [0.717, 1.165) is 5.82 Å². The number of carbonyl (C=O) groups excluding carboxylic acids is 1. The van der Waals surface area contributed by atoms with Crippen LogP contribution in [0.5, 0.6) is 0 Å². The number of aromatic nitrogens is 2. The number of H-pyrrole nitrogens is 1. The number of nitrogens with one attached hydrogen (secondary N) is 2. The molecule has 0 fully saturated rings. The number of hydrogen-bond acceptors (Lipinski definition) is 2. The summed E-state index contributed by atoms with van der Waals surface area (Å²) in [5.41, 5.74) is 0.324. The van der Waals surface area contributed by atoms with Crippen molar-refractivity contribution < 1.29 is 9.18 Å². The number of aromatic amines is 1. The van der Waals surface area contributed by atoms with E-state index in [1.807, 2.05) is 0 Å². The number of amides is 1. The van der Waals surface area contributed by atoms with Gasteiger partial charge in [-0.25, -0.2) is 9.37 Å². The molecule has 1 aromatic carbocycles. The fourth-order valence-corrected chi connectivity index (χ4v) is 1.46. The predicted molar refractivity (Wildman–Crippen MR) is 61.0 cm³/mol. The standard InChI is InChI=1S/C12H12FN3O/c13-10-3-1-2-9(8-10)12(17)16-5-4-11-14-6-7-15-11/h1-3,6-8H,4-5H2,(H,14,15)(H,16,17). The lowest BCUT2D eigenvalue weighted by molar-refractivity contribution is 0.0953. The predicted octanol–water partition coefficient (Wildman–Crippen LogP) is 1.52. The van der Waals surface area contributed by atoms with E-state index in [-0.39, 0.29) is 5.91 Å². The Hall–Kier alpha value is -2.17. The summed E-state index contributed by atoms with van der Waals surface area (Å²) in [6.45, 7) is 0.461. The van der Waals surface area contributed by atoms with Crippen LogP contribution in [0.4, 0.5) is 4.39 Å². The molecule has 0 radical (unpaired) electrons. The molecule has 88 valence electrons. The van der Waals surface area contributed by atoms with Crippen LogP contribution in [-0.2, 0) is 6.42 Å². The zero-order valence-corrected chi connectivity index (χ0v) is 9.11. The van der Waals surface area contributed by atoms with Crippen molar-refractivity contribution in [2.24, 2.45) is 0 Å². The Morgan fingerprint density at radius 1 is 1.47 bits per heavy atom. The molecule has 2 rings (SSSR count). The van der Waals surface area contributed by atoms with E-state index in [0.29, 0.717) is 18.5 Å². The molecular formula is C12H12FN3O. The molecule has 0 atom stereocenters. The molecule has 0 aliphatic rings. The zero-order chi connectivity index (χ0) is 12.1. The third-order valence-corrected chi connectivity index (χ3v) is 2.29. The average molecular weight is 233 g/mol. The fourth-order valence-electron chi connectivity index (χ4n) is 1.46. The highest BCUT2D eigenvalue weighted by molar-refractivity contribution is 5.94. The van der Waals surface area contributed by atoms with Gasteiger partial charge >= 0.3 is 0 Å². The normalized spacial score (nSPS) is 10.2. The Bertz CT molecular complexity index is 496. The molecule has 1 amide bonds. The molecular weight excluding hydrogens is 221 g/mol. The molecule has 0 saturated carbocycles. The van der Waals surface area contributed by atoms with Crippen LogP contribution >= 0.6 is 0 Å². The molecule has 0 bridgehead atoms. The van der Waals surface area contributed by atoms with E-state index < -0.39 is 5.82 Å². The molecule has 0 unspecified atom stereocenters. The smallest absolute Gasteiger partial charge is 0.251 e. The molecule has 17 heavy (non-hydrogen) atoms. The summed E-state index contributed by atoms with van der Waals surface area (Å²) >= 11 is 0. The Morgan fingerprint density at radius 3 is 3.06 bits per heavy atom. The van der Waals surface area contributed by atoms with Crippen LogP contribution < -0.4 is 5.32 Å². The number of benzene rings is 1. The molecule has 1 aromatic heterocycles. The van der Waals surface area contributed by atoms with Gasteiger partial charge in [0.05, 0.1) is 0 Å². The zero-order valence-electron chi connectivity index (χ0n) is 9.11. The van der Waals surface area contributed by atoms with Gasteiger partial charge < -0.3 is 10.3 Å². The summed E-state index contributed by atoms with van der Waals surface area (Å²) < 4.78 is 12.9. The first-order valence-electron chi connectivity index (χ1n) is 5.28. The van der Waals surface area contributed by atoms with Crippen molar-refractivity contribution in [2.45, 2.75) is 6.42 Å². The number of halogens is 1. The first-order valence-corrected chi connectivity index (χ1v) is 5.28. The quantitative estimate of drug-likeness (QED) is 0.841. The van der Waals surface area contributed by atoms with Gasteiger partial charge in [-0.05, 0) is 18.2 Å². The molecule has 5 heteroatoms. The fraction of sp³-hybridized carbons (Fsp3) is 0.167. The van der Waals surface area contributed by atoms with Crippen LogP contribution in [0.1, 0.15) is 16.2 Å². The van der Waals surface area contributed by atoms with E-state index in [9.17, 15) is 9.18 Å². The Balaban J connectivity index is 1.85. The Labute approximate surface area is 97.9 Å². The second-order valence-electron chi connectivity index (χ2n) is 3.55. The molecule has 0 aliphatic carbocycles. The molecule has 0 saturated heterocycles. The second-order valence-corrected chi connectivity index (χ2v) is 3.55. The third-order valence-electron chi connectivity index (χ3n) is 2.29. The lowest BCUT2D eigenvalue weighted by Crippen LogP contribution is -2.26. The second kappa shape index (κ2) is 5.25. The van der Waals surface area contributed by atoms with Crippen LogP contribution in [0, 0.1) is 5.82 Å². The van der Waals surface area contributed by atoms with Gasteiger partial charge in [0.2, 0.25) is 0 Å². The number of rotatable bonds is 4. The topological polar surface area (TPSA) is 57.8 Å². The highest BCUT2D eigenvalue weighted by Crippen LogP contribution is 2.03. The van der Waals surface area contributed by atoms with Crippen molar-refractivity contribution in [3.8, 4) is 0 Å². The Kier molecular flexibility index (Phi) is 3.49. The highest BCUT2D eigenvalue weighted by atomic mass is 19.1. The molecule has 0 spiro atoms. The molecule has 1 heterocycles. The van der Waals surface area contributed by atoms with Crippen molar-refractivity contribution in [2.75, 3.05) is 6.54 Å². The van der Waals surface area contributed by atoms with Gasteiger partial charge in [-0.3, -0.25) is 4.79 Å². The maximum atomic E-state index is 12.9. The monoisotopic (exact) mass is 233 g/mol. The van der Waals surface area contributed by atoms with E-state index in [2.05, 4.69) is 15.3 Å².